The topological polar surface area (TPSA) is 167 Å². The second kappa shape index (κ2) is 29.3. The van der Waals surface area contributed by atoms with Crippen LogP contribution in [0.25, 0.3) is 0 Å². The normalized spacial score (nSPS) is 4.31. The summed E-state index contributed by atoms with van der Waals surface area (Å²) in [4.78, 5) is 16.5. The van der Waals surface area contributed by atoms with E-state index in [0.717, 1.165) is 0 Å². The molecule has 0 saturated carbocycles. The summed E-state index contributed by atoms with van der Waals surface area (Å²) in [6.45, 7) is 0. The van der Waals surface area contributed by atoms with Crippen LogP contribution in [0.1, 0.15) is 0 Å². The molecule has 13 heteroatoms. The van der Waals surface area contributed by atoms with Gasteiger partial charge in [0.05, 0.1) is 10.2 Å². The van der Waals surface area contributed by atoms with Gasteiger partial charge in [-0.1, -0.05) is 0 Å². The molecule has 0 rings (SSSR count). The first-order chi connectivity index (χ1) is 4.88. The van der Waals surface area contributed by atoms with Crippen LogP contribution in [0.3, 0.4) is 0 Å². The van der Waals surface area contributed by atoms with Crippen LogP contribution < -0.4 is 0 Å². The first-order valence-corrected chi connectivity index (χ1v) is 4.90. The Labute approximate surface area is 126 Å². The van der Waals surface area contributed by atoms with E-state index < -0.39 is 38.0 Å². The predicted molar refractivity (Wildman–Crippen MR) is 33.6 cm³/mol. The summed E-state index contributed by atoms with van der Waals surface area (Å²) in [5, 5.41) is 29.5. The molecule has 0 saturated heterocycles. The van der Waals surface area contributed by atoms with Crippen molar-refractivity contribution in [2.24, 2.45) is 0 Å². The summed E-state index contributed by atoms with van der Waals surface area (Å²) in [6, 6.07) is 0. The van der Waals surface area contributed by atoms with Crippen molar-refractivity contribution in [1.29, 1.82) is 0 Å². The first kappa shape index (κ1) is 29.2. The van der Waals surface area contributed by atoms with Crippen molar-refractivity contribution in [1.82, 2.24) is 0 Å². The Hall–Kier alpha value is 0.896. The molecule has 13 heavy (non-hydrogen) atoms. The standard InChI is InChI=1S/2NO3.2O.2Pb.U/c2*2-1(3)4;;;;;/q2*-1;;;2*+2;-2. The third kappa shape index (κ3) is 1910. The fourth-order valence-electron chi connectivity index (χ4n) is 0. The Morgan fingerprint density at radius 1 is 0.769 bits per heavy atom. The molecule has 0 atom stereocenters. The van der Waals surface area contributed by atoms with Crippen LogP contribution in [0.5, 0.6) is 0 Å². The molecule has 0 aliphatic heterocycles. The summed E-state index contributed by atoms with van der Waals surface area (Å²) in [5.74, 6) is 0. The molecule has 0 spiro atoms. The monoisotopic (exact) mass is 810 g/mol. The van der Waals surface area contributed by atoms with E-state index in [4.69, 9.17) is 35.1 Å². The van der Waals surface area contributed by atoms with E-state index in [1.54, 1.807) is 0 Å². The second-order valence-electron chi connectivity index (χ2n) is 0.531. The van der Waals surface area contributed by atoms with E-state index >= 15 is 0 Å². The molecule has 4 radical (unpaired) electrons. The number of nitrogens with zero attached hydrogens (tertiary/aromatic N) is 2. The van der Waals surface area contributed by atoms with Gasteiger partial charge >= 0.3 is 86.9 Å². The molecule has 10 nitrogen and oxygen atoms in total. The molecule has 0 amide bonds. The number of rotatable bonds is 0. The number of hydrogen-bond acceptors (Lipinski definition) is 8. The van der Waals surface area contributed by atoms with Crippen molar-refractivity contribution in [3.63, 3.8) is 0 Å². The van der Waals surface area contributed by atoms with Gasteiger partial charge < -0.3 is 30.6 Å². The van der Waals surface area contributed by atoms with Gasteiger partial charge in [0, 0.05) is 0 Å². The third-order valence-electron chi connectivity index (χ3n) is 0. The van der Waals surface area contributed by atoms with Crippen LogP contribution in [0.4, 0.5) is 0 Å². The Morgan fingerprint density at radius 2 is 0.769 bits per heavy atom. The van der Waals surface area contributed by atoms with E-state index in [1.807, 2.05) is 0 Å². The maximum absolute atomic E-state index is 8.58. The predicted octanol–water partition coefficient (Wildman–Crippen LogP) is -1.48. The van der Waals surface area contributed by atoms with Crippen LogP contribution >= 0.6 is 0 Å². The van der Waals surface area contributed by atoms with Gasteiger partial charge in [-0.05, 0) is 0 Å². The zero-order chi connectivity index (χ0) is 9.86. The SMILES string of the molecule is O=[N+]([O-])[O-].O=[N+]([O-])[O-].[O]=[U-2]=[O].[Pb+2].[Pb+2]. The molecule has 0 aromatic heterocycles. The van der Waals surface area contributed by atoms with Crippen molar-refractivity contribution >= 4 is 54.6 Å². The minimum Gasteiger partial charge on any atom is 2.00 e. The van der Waals surface area contributed by atoms with E-state index in [9.17, 15) is 0 Å². The number of hydrogen-bond donors (Lipinski definition) is 0. The third-order valence-corrected chi connectivity index (χ3v) is 0. The van der Waals surface area contributed by atoms with Crippen LogP contribution in [-0.2, 0) is 4.47 Å². The van der Waals surface area contributed by atoms with Gasteiger partial charge in [0.15, 0.2) is 0 Å². The van der Waals surface area contributed by atoms with Crippen molar-refractivity contribution in [3.8, 4) is 0 Å². The quantitative estimate of drug-likeness (QED) is 0.163. The van der Waals surface area contributed by atoms with Crippen LogP contribution in [-0.4, -0.2) is 64.8 Å². The maximum atomic E-state index is 8.58. The average Bonchev–Trinajstić information content (AvgIpc) is 1.60. The molecular formula is N2O8Pb2U. The van der Waals surface area contributed by atoms with E-state index in [1.165, 1.54) is 0 Å². The van der Waals surface area contributed by atoms with Crippen molar-refractivity contribution in [2.75, 3.05) is 0 Å². The molecule has 0 aromatic rings. The first-order valence-electron chi connectivity index (χ1n) is 1.50. The molecule has 0 aliphatic carbocycles. The van der Waals surface area contributed by atoms with Crippen LogP contribution in [0.15, 0.2) is 0 Å². The van der Waals surface area contributed by atoms with Crippen molar-refractivity contribution < 1.29 is 42.5 Å². The summed E-state index contributed by atoms with van der Waals surface area (Å²) in [7, 11) is 0. The molecule has 0 aromatic carbocycles. The minimum absolute atomic E-state index is 0. The second-order valence-corrected chi connectivity index (χ2v) is 1.22. The van der Waals surface area contributed by atoms with E-state index in [-0.39, 0.29) is 54.6 Å². The molecule has 0 fully saturated rings. The average molecular weight is 808 g/mol. The summed E-state index contributed by atoms with van der Waals surface area (Å²) < 4.78 is 17.2. The Morgan fingerprint density at radius 3 is 0.769 bits per heavy atom. The Kier molecular flexibility index (Phi) is 65.8. The van der Waals surface area contributed by atoms with Gasteiger partial charge in [-0.3, -0.25) is 0 Å². The van der Waals surface area contributed by atoms with E-state index in [2.05, 4.69) is 0 Å². The summed E-state index contributed by atoms with van der Waals surface area (Å²) >= 11 is -2.51. The largest absolute Gasteiger partial charge is 2.00 e. The smallest absolute Gasteiger partial charge is 2.00 e. The van der Waals surface area contributed by atoms with Crippen LogP contribution in [0.2, 0.25) is 0 Å². The Bertz CT molecular complexity index is 132. The minimum atomic E-state index is -2.51. The Balaban J connectivity index is -0.0000000231. The molecule has 70 valence electrons. The van der Waals surface area contributed by atoms with E-state index in [0.29, 0.717) is 0 Å². The van der Waals surface area contributed by atoms with Crippen molar-refractivity contribution in [3.05, 3.63) is 30.6 Å². The fraction of sp³-hybridized carbons (Fsp3) is 0. The summed E-state index contributed by atoms with van der Waals surface area (Å²) in [6.07, 6.45) is 0. The molecule has 0 N–H and O–H groups in total. The molecule has 0 aliphatic rings. The van der Waals surface area contributed by atoms with Gasteiger partial charge in [0.1, 0.15) is 0 Å². The van der Waals surface area contributed by atoms with Gasteiger partial charge in [-0.25, -0.2) is 0 Å². The maximum Gasteiger partial charge on any atom is 2.00 e. The van der Waals surface area contributed by atoms with Crippen LogP contribution in [0, 0.1) is 58.5 Å². The molecule has 0 bridgehead atoms. The zero-order valence-electron chi connectivity index (χ0n) is 5.66. The fourth-order valence-corrected chi connectivity index (χ4v) is 0. The van der Waals surface area contributed by atoms with Crippen molar-refractivity contribution in [2.45, 2.75) is 0 Å². The van der Waals surface area contributed by atoms with Gasteiger partial charge in [-0.2, -0.15) is 0 Å². The zero-order valence-corrected chi connectivity index (χ0v) is 17.6. The van der Waals surface area contributed by atoms with Gasteiger partial charge in [-0.15, -0.1) is 0 Å². The van der Waals surface area contributed by atoms with Gasteiger partial charge in [0.2, 0.25) is 0 Å². The molecular weight excluding hydrogens is 808 g/mol. The van der Waals surface area contributed by atoms with Gasteiger partial charge in [0.25, 0.3) is 0 Å². The summed E-state index contributed by atoms with van der Waals surface area (Å²) in [5.41, 5.74) is 0. The molecule has 0 unspecified atom stereocenters. The molecule has 0 heterocycles.